The average Bonchev–Trinajstić information content (AvgIpc) is 3.06. The molecule has 0 saturated carbocycles. The Hall–Kier alpha value is -1.26. The van der Waals surface area contributed by atoms with Gasteiger partial charge in [0, 0.05) is 24.1 Å². The molecule has 0 aliphatic carbocycles. The Balaban J connectivity index is 2.02. The molecule has 1 aromatic rings. The van der Waals surface area contributed by atoms with Gasteiger partial charge in [0.15, 0.2) is 0 Å². The van der Waals surface area contributed by atoms with Crippen molar-refractivity contribution in [1.29, 1.82) is 0 Å². The highest BCUT2D eigenvalue weighted by Crippen LogP contribution is 2.51. The largest absolute Gasteiger partial charge is 0.507 e. The van der Waals surface area contributed by atoms with Crippen LogP contribution in [0.1, 0.15) is 54.9 Å². The summed E-state index contributed by atoms with van der Waals surface area (Å²) in [4.78, 5) is 2.39. The van der Waals surface area contributed by atoms with Crippen molar-refractivity contribution >= 4 is 0 Å². The van der Waals surface area contributed by atoms with Gasteiger partial charge in [-0.2, -0.15) is 0 Å². The Bertz CT molecular complexity index is 624. The van der Waals surface area contributed by atoms with Crippen LogP contribution in [0.4, 0.5) is 0 Å². The van der Waals surface area contributed by atoms with E-state index in [4.69, 9.17) is 4.74 Å². The molecule has 23 heavy (non-hydrogen) atoms. The zero-order chi connectivity index (χ0) is 16.9. The quantitative estimate of drug-likeness (QED) is 0.899. The first kappa shape index (κ1) is 16.6. The second-order valence-corrected chi connectivity index (χ2v) is 7.70. The molecule has 2 atom stereocenters. The van der Waals surface area contributed by atoms with Gasteiger partial charge in [0.1, 0.15) is 17.1 Å². The molecule has 1 aromatic carbocycles. The van der Waals surface area contributed by atoms with Gasteiger partial charge in [0.25, 0.3) is 0 Å². The fraction of sp³-hybridized carbons (Fsp3) is 0.684. The van der Waals surface area contributed by atoms with E-state index in [1.54, 1.807) is 0 Å². The van der Waals surface area contributed by atoms with E-state index in [9.17, 15) is 10.2 Å². The van der Waals surface area contributed by atoms with E-state index in [2.05, 4.69) is 18.7 Å². The maximum Gasteiger partial charge on any atom is 0.127 e. The smallest absolute Gasteiger partial charge is 0.127 e. The topological polar surface area (TPSA) is 52.9 Å². The van der Waals surface area contributed by atoms with Crippen LogP contribution in [0.3, 0.4) is 0 Å². The molecular weight excluding hydrogens is 290 g/mol. The van der Waals surface area contributed by atoms with Crippen LogP contribution in [-0.2, 0) is 0 Å². The van der Waals surface area contributed by atoms with Gasteiger partial charge >= 0.3 is 0 Å². The fourth-order valence-corrected chi connectivity index (χ4v) is 4.25. The molecule has 2 aliphatic rings. The summed E-state index contributed by atoms with van der Waals surface area (Å²) < 4.78 is 6.33. The zero-order valence-electron chi connectivity index (χ0n) is 14.9. The fourth-order valence-electron chi connectivity index (χ4n) is 4.25. The Morgan fingerprint density at radius 2 is 1.87 bits per heavy atom. The molecule has 0 amide bonds. The van der Waals surface area contributed by atoms with Crippen LogP contribution in [0.25, 0.3) is 0 Å². The van der Waals surface area contributed by atoms with Crippen molar-refractivity contribution in [1.82, 2.24) is 4.90 Å². The minimum atomic E-state index is -0.305. The standard InChI is InChI=1S/C19H29NO3/c1-11-12(2)18-16(13(3)17(11)22)15(19(4,5)23-18)9-20-8-6-7-14(20)10-21/h14-15,21-22H,6-10H2,1-5H3/t14-,15?/m0/s1. The first-order chi connectivity index (χ1) is 10.8. The van der Waals surface area contributed by atoms with E-state index in [1.807, 2.05) is 20.8 Å². The van der Waals surface area contributed by atoms with Crippen molar-refractivity contribution in [2.24, 2.45) is 0 Å². The summed E-state index contributed by atoms with van der Waals surface area (Å²) >= 11 is 0. The third-order valence-electron chi connectivity index (χ3n) is 5.94. The van der Waals surface area contributed by atoms with Crippen LogP contribution >= 0.6 is 0 Å². The van der Waals surface area contributed by atoms with Gasteiger partial charge in [0.05, 0.1) is 6.61 Å². The predicted molar refractivity (Wildman–Crippen MR) is 91.4 cm³/mol. The Labute approximate surface area is 139 Å². The zero-order valence-corrected chi connectivity index (χ0v) is 14.9. The summed E-state index contributed by atoms with van der Waals surface area (Å²) in [5.74, 6) is 1.55. The van der Waals surface area contributed by atoms with Crippen molar-refractivity contribution in [3.05, 3.63) is 22.3 Å². The molecule has 2 aliphatic heterocycles. The third-order valence-corrected chi connectivity index (χ3v) is 5.94. The van der Waals surface area contributed by atoms with Crippen LogP contribution in [0.15, 0.2) is 0 Å². The van der Waals surface area contributed by atoms with Crippen molar-refractivity contribution in [2.45, 2.75) is 65.0 Å². The molecule has 2 N–H and O–H groups in total. The molecule has 0 radical (unpaired) electrons. The maximum absolute atomic E-state index is 10.5. The number of ether oxygens (including phenoxy) is 1. The van der Waals surface area contributed by atoms with Crippen molar-refractivity contribution in [2.75, 3.05) is 19.7 Å². The lowest BCUT2D eigenvalue weighted by atomic mass is 9.82. The first-order valence-corrected chi connectivity index (χ1v) is 8.64. The number of nitrogens with zero attached hydrogens (tertiary/aromatic N) is 1. The summed E-state index contributed by atoms with van der Waals surface area (Å²) in [5.41, 5.74) is 3.74. The average molecular weight is 319 g/mol. The molecule has 0 bridgehead atoms. The molecule has 1 saturated heterocycles. The minimum absolute atomic E-state index is 0.204. The number of rotatable bonds is 3. The summed E-state index contributed by atoms with van der Waals surface area (Å²) in [5, 5.41) is 20.1. The number of likely N-dealkylation sites (tertiary alicyclic amines) is 1. The highest BCUT2D eigenvalue weighted by Gasteiger charge is 2.45. The van der Waals surface area contributed by atoms with Gasteiger partial charge in [-0.1, -0.05) is 0 Å². The Morgan fingerprint density at radius 3 is 2.52 bits per heavy atom. The molecular formula is C19H29NO3. The summed E-state index contributed by atoms with van der Waals surface area (Å²) in [6.07, 6.45) is 2.21. The SMILES string of the molecule is Cc1c(C)c2c(c(C)c1O)C(CN1CCC[C@H]1CO)C(C)(C)O2. The Morgan fingerprint density at radius 1 is 1.17 bits per heavy atom. The molecule has 1 unspecified atom stereocenters. The van der Waals surface area contributed by atoms with Gasteiger partial charge in [0.2, 0.25) is 0 Å². The van der Waals surface area contributed by atoms with Crippen molar-refractivity contribution < 1.29 is 14.9 Å². The predicted octanol–water partition coefficient (Wildman–Crippen LogP) is 3.03. The lowest BCUT2D eigenvalue weighted by Gasteiger charge is -2.32. The van der Waals surface area contributed by atoms with E-state index >= 15 is 0 Å². The van der Waals surface area contributed by atoms with Gasteiger partial charge in [-0.25, -0.2) is 0 Å². The van der Waals surface area contributed by atoms with Crippen LogP contribution in [-0.4, -0.2) is 46.5 Å². The normalized spacial score (nSPS) is 26.3. The van der Waals surface area contributed by atoms with Gasteiger partial charge in [-0.3, -0.25) is 4.90 Å². The Kier molecular flexibility index (Phi) is 4.09. The van der Waals surface area contributed by atoms with E-state index in [0.29, 0.717) is 5.75 Å². The molecule has 1 fully saturated rings. The number of aliphatic hydroxyl groups excluding tert-OH is 1. The van der Waals surface area contributed by atoms with Gasteiger partial charge in [-0.05, 0) is 70.7 Å². The van der Waals surface area contributed by atoms with Crippen molar-refractivity contribution in [3.63, 3.8) is 0 Å². The number of hydrogen-bond donors (Lipinski definition) is 2. The summed E-state index contributed by atoms with van der Waals surface area (Å²) in [6.45, 7) is 12.4. The number of benzene rings is 1. The minimum Gasteiger partial charge on any atom is -0.507 e. The van der Waals surface area contributed by atoms with Gasteiger partial charge in [-0.15, -0.1) is 0 Å². The van der Waals surface area contributed by atoms with Crippen molar-refractivity contribution in [3.8, 4) is 11.5 Å². The monoisotopic (exact) mass is 319 g/mol. The van der Waals surface area contributed by atoms with Crippen LogP contribution in [0.2, 0.25) is 0 Å². The summed E-state index contributed by atoms with van der Waals surface area (Å²) in [6, 6.07) is 0.260. The highest BCUT2D eigenvalue weighted by atomic mass is 16.5. The molecule has 0 aromatic heterocycles. The molecule has 4 nitrogen and oxygen atoms in total. The molecule has 3 rings (SSSR count). The molecule has 128 valence electrons. The van der Waals surface area contributed by atoms with Crippen LogP contribution < -0.4 is 4.74 Å². The lowest BCUT2D eigenvalue weighted by molar-refractivity contribution is 0.0768. The molecule has 0 spiro atoms. The second-order valence-electron chi connectivity index (χ2n) is 7.70. The molecule has 2 heterocycles. The first-order valence-electron chi connectivity index (χ1n) is 8.64. The number of hydrogen-bond acceptors (Lipinski definition) is 4. The highest BCUT2D eigenvalue weighted by molar-refractivity contribution is 5.61. The number of phenols is 1. The van der Waals surface area contributed by atoms with Crippen LogP contribution in [0.5, 0.6) is 11.5 Å². The maximum atomic E-state index is 10.5. The van der Waals surface area contributed by atoms with E-state index in [0.717, 1.165) is 53.9 Å². The van der Waals surface area contributed by atoms with E-state index in [-0.39, 0.29) is 24.2 Å². The number of aliphatic hydroxyl groups is 1. The number of fused-ring (bicyclic) bond motifs is 1. The summed E-state index contributed by atoms with van der Waals surface area (Å²) in [7, 11) is 0. The van der Waals surface area contributed by atoms with Crippen LogP contribution in [0, 0.1) is 20.8 Å². The van der Waals surface area contributed by atoms with E-state index in [1.165, 1.54) is 0 Å². The van der Waals surface area contributed by atoms with E-state index < -0.39 is 0 Å². The third kappa shape index (κ3) is 2.52. The second kappa shape index (κ2) is 5.67. The number of phenolic OH excluding ortho intramolecular Hbond substituents is 1. The van der Waals surface area contributed by atoms with Gasteiger partial charge < -0.3 is 14.9 Å². The number of aromatic hydroxyl groups is 1. The lowest BCUT2D eigenvalue weighted by Crippen LogP contribution is -2.42. The molecule has 4 heteroatoms.